The van der Waals surface area contributed by atoms with Crippen LogP contribution in [-0.2, 0) is 0 Å². The fraction of sp³-hybridized carbons (Fsp3) is 0.500. The molecule has 0 aromatic heterocycles. The largest absolute Gasteiger partial charge is 0.336 e. The Morgan fingerprint density at radius 1 is 1.28 bits per heavy atom. The SMILES string of the molecule is Cc1cc(C)cc(C(=O)N2CCNC(C)C2)c1.Cl. The first kappa shape index (κ1) is 15.0. The number of carbonyl (C=O) groups excluding carboxylic acids is 1. The Labute approximate surface area is 115 Å². The fourth-order valence-corrected chi connectivity index (χ4v) is 2.40. The number of nitrogens with zero attached hydrogens (tertiary/aromatic N) is 1. The average Bonchev–Trinajstić information content (AvgIpc) is 2.26. The predicted molar refractivity (Wildman–Crippen MR) is 76.5 cm³/mol. The van der Waals surface area contributed by atoms with E-state index in [1.807, 2.05) is 30.9 Å². The van der Waals surface area contributed by atoms with Crippen molar-refractivity contribution in [1.29, 1.82) is 0 Å². The summed E-state index contributed by atoms with van der Waals surface area (Å²) < 4.78 is 0. The fourth-order valence-electron chi connectivity index (χ4n) is 2.40. The van der Waals surface area contributed by atoms with Crippen molar-refractivity contribution >= 4 is 18.3 Å². The van der Waals surface area contributed by atoms with Gasteiger partial charge in [0.1, 0.15) is 0 Å². The highest BCUT2D eigenvalue weighted by Gasteiger charge is 2.21. The first-order chi connectivity index (χ1) is 8.06. The Morgan fingerprint density at radius 3 is 2.44 bits per heavy atom. The molecule has 1 aliphatic rings. The van der Waals surface area contributed by atoms with E-state index in [9.17, 15) is 4.79 Å². The predicted octanol–water partition coefficient (Wildman–Crippen LogP) is 2.16. The molecular formula is C14H21ClN2O. The quantitative estimate of drug-likeness (QED) is 0.847. The van der Waals surface area contributed by atoms with Crippen LogP contribution in [0.2, 0.25) is 0 Å². The summed E-state index contributed by atoms with van der Waals surface area (Å²) in [6.45, 7) is 8.66. The van der Waals surface area contributed by atoms with Crippen molar-refractivity contribution in [2.24, 2.45) is 0 Å². The minimum absolute atomic E-state index is 0. The monoisotopic (exact) mass is 268 g/mol. The lowest BCUT2D eigenvalue weighted by Crippen LogP contribution is -2.51. The van der Waals surface area contributed by atoms with Crippen molar-refractivity contribution in [3.8, 4) is 0 Å². The van der Waals surface area contributed by atoms with Crippen LogP contribution in [0.4, 0.5) is 0 Å². The second-order valence-corrected chi connectivity index (χ2v) is 4.98. The summed E-state index contributed by atoms with van der Waals surface area (Å²) in [7, 11) is 0. The van der Waals surface area contributed by atoms with Crippen LogP contribution in [0.25, 0.3) is 0 Å². The van der Waals surface area contributed by atoms with Crippen molar-refractivity contribution in [2.45, 2.75) is 26.8 Å². The lowest BCUT2D eigenvalue weighted by atomic mass is 10.1. The minimum atomic E-state index is 0. The molecule has 0 bridgehead atoms. The maximum atomic E-state index is 12.3. The third kappa shape index (κ3) is 3.47. The molecule has 4 heteroatoms. The zero-order valence-electron chi connectivity index (χ0n) is 11.2. The van der Waals surface area contributed by atoms with Crippen LogP contribution in [-0.4, -0.2) is 36.5 Å². The van der Waals surface area contributed by atoms with Gasteiger partial charge in [-0.3, -0.25) is 4.79 Å². The average molecular weight is 269 g/mol. The van der Waals surface area contributed by atoms with Gasteiger partial charge in [0.25, 0.3) is 5.91 Å². The summed E-state index contributed by atoms with van der Waals surface area (Å²) in [6.07, 6.45) is 0. The molecule has 0 radical (unpaired) electrons. The van der Waals surface area contributed by atoms with E-state index in [1.165, 1.54) is 0 Å². The third-order valence-electron chi connectivity index (χ3n) is 3.12. The van der Waals surface area contributed by atoms with Crippen LogP contribution in [0.5, 0.6) is 0 Å². The summed E-state index contributed by atoms with van der Waals surface area (Å²) >= 11 is 0. The zero-order chi connectivity index (χ0) is 12.4. The molecule has 1 aromatic rings. The van der Waals surface area contributed by atoms with E-state index in [1.54, 1.807) is 0 Å². The lowest BCUT2D eigenvalue weighted by molar-refractivity contribution is 0.0709. The van der Waals surface area contributed by atoms with Crippen molar-refractivity contribution in [3.63, 3.8) is 0 Å². The van der Waals surface area contributed by atoms with Crippen molar-refractivity contribution in [2.75, 3.05) is 19.6 Å². The first-order valence-corrected chi connectivity index (χ1v) is 6.17. The zero-order valence-corrected chi connectivity index (χ0v) is 12.0. The van der Waals surface area contributed by atoms with E-state index < -0.39 is 0 Å². The van der Waals surface area contributed by atoms with Gasteiger partial charge in [-0.15, -0.1) is 12.4 Å². The maximum absolute atomic E-state index is 12.3. The number of hydrogen-bond donors (Lipinski definition) is 1. The molecule has 1 unspecified atom stereocenters. The molecule has 1 fully saturated rings. The molecule has 0 aliphatic carbocycles. The number of piperazine rings is 1. The first-order valence-electron chi connectivity index (χ1n) is 6.17. The Hall–Kier alpha value is -1.06. The highest BCUT2D eigenvalue weighted by atomic mass is 35.5. The molecule has 1 aliphatic heterocycles. The molecule has 1 N–H and O–H groups in total. The molecule has 100 valence electrons. The van der Waals surface area contributed by atoms with Gasteiger partial charge in [-0.25, -0.2) is 0 Å². The van der Waals surface area contributed by atoms with E-state index in [0.29, 0.717) is 6.04 Å². The number of halogens is 1. The molecule has 3 nitrogen and oxygen atoms in total. The smallest absolute Gasteiger partial charge is 0.253 e. The van der Waals surface area contributed by atoms with Gasteiger partial charge in [0.05, 0.1) is 0 Å². The summed E-state index contributed by atoms with van der Waals surface area (Å²) in [5, 5.41) is 3.35. The third-order valence-corrected chi connectivity index (χ3v) is 3.12. The molecule has 0 spiro atoms. The van der Waals surface area contributed by atoms with Crippen molar-refractivity contribution in [1.82, 2.24) is 10.2 Å². The van der Waals surface area contributed by atoms with Gasteiger partial charge in [0.2, 0.25) is 0 Å². The van der Waals surface area contributed by atoms with Gasteiger partial charge in [-0.2, -0.15) is 0 Å². The van der Waals surface area contributed by atoms with Crippen LogP contribution >= 0.6 is 12.4 Å². The Morgan fingerprint density at radius 2 is 1.89 bits per heavy atom. The van der Waals surface area contributed by atoms with E-state index in [-0.39, 0.29) is 18.3 Å². The second-order valence-electron chi connectivity index (χ2n) is 4.98. The van der Waals surface area contributed by atoms with E-state index in [0.717, 1.165) is 36.3 Å². The van der Waals surface area contributed by atoms with Crippen LogP contribution in [0, 0.1) is 13.8 Å². The molecule has 2 rings (SSSR count). The number of benzene rings is 1. The van der Waals surface area contributed by atoms with E-state index in [2.05, 4.69) is 18.3 Å². The minimum Gasteiger partial charge on any atom is -0.336 e. The molecule has 1 saturated heterocycles. The second kappa shape index (κ2) is 6.21. The molecular weight excluding hydrogens is 248 g/mol. The number of rotatable bonds is 1. The Balaban J connectivity index is 0.00000162. The van der Waals surface area contributed by atoms with E-state index >= 15 is 0 Å². The number of carbonyl (C=O) groups is 1. The molecule has 0 saturated carbocycles. The van der Waals surface area contributed by atoms with Gasteiger partial charge >= 0.3 is 0 Å². The topological polar surface area (TPSA) is 32.3 Å². The van der Waals surface area contributed by atoms with Gasteiger partial charge in [-0.1, -0.05) is 17.2 Å². The Kier molecular flexibility index (Phi) is 5.17. The molecule has 18 heavy (non-hydrogen) atoms. The summed E-state index contributed by atoms with van der Waals surface area (Å²) in [6, 6.07) is 6.43. The number of nitrogens with one attached hydrogen (secondary N) is 1. The molecule has 1 atom stereocenters. The summed E-state index contributed by atoms with van der Waals surface area (Å²) in [4.78, 5) is 14.3. The van der Waals surface area contributed by atoms with Crippen LogP contribution in [0.1, 0.15) is 28.4 Å². The number of hydrogen-bond acceptors (Lipinski definition) is 2. The highest BCUT2D eigenvalue weighted by molar-refractivity contribution is 5.94. The number of amides is 1. The van der Waals surface area contributed by atoms with Gasteiger partial charge in [0.15, 0.2) is 0 Å². The maximum Gasteiger partial charge on any atom is 0.253 e. The molecule has 1 heterocycles. The van der Waals surface area contributed by atoms with Crippen LogP contribution in [0.15, 0.2) is 18.2 Å². The Bertz CT molecular complexity index is 414. The van der Waals surface area contributed by atoms with Crippen molar-refractivity contribution < 1.29 is 4.79 Å². The summed E-state index contributed by atoms with van der Waals surface area (Å²) in [5.41, 5.74) is 3.12. The molecule has 1 amide bonds. The van der Waals surface area contributed by atoms with Crippen LogP contribution < -0.4 is 5.32 Å². The van der Waals surface area contributed by atoms with E-state index in [4.69, 9.17) is 0 Å². The summed E-state index contributed by atoms with van der Waals surface area (Å²) in [5.74, 6) is 0.158. The molecule has 1 aromatic carbocycles. The number of aryl methyl sites for hydroxylation is 2. The van der Waals surface area contributed by atoms with Crippen LogP contribution in [0.3, 0.4) is 0 Å². The standard InChI is InChI=1S/C14H20N2O.ClH/c1-10-6-11(2)8-13(7-10)14(17)16-5-4-15-12(3)9-16;/h6-8,12,15H,4-5,9H2,1-3H3;1H. The van der Waals surface area contributed by atoms with Gasteiger partial charge in [-0.05, 0) is 32.9 Å². The van der Waals surface area contributed by atoms with Crippen molar-refractivity contribution in [3.05, 3.63) is 34.9 Å². The van der Waals surface area contributed by atoms with Gasteiger partial charge in [0, 0.05) is 31.2 Å². The normalized spacial score (nSPS) is 19.3. The lowest BCUT2D eigenvalue weighted by Gasteiger charge is -2.32. The van der Waals surface area contributed by atoms with Gasteiger partial charge < -0.3 is 10.2 Å². The highest BCUT2D eigenvalue weighted by Crippen LogP contribution is 2.12.